The van der Waals surface area contributed by atoms with Gasteiger partial charge in [-0.3, -0.25) is 0 Å². The van der Waals surface area contributed by atoms with Crippen molar-refractivity contribution in [3.8, 4) is 5.75 Å². The van der Waals surface area contributed by atoms with E-state index < -0.39 is 0 Å². The van der Waals surface area contributed by atoms with Gasteiger partial charge in [0.25, 0.3) is 0 Å². The predicted octanol–water partition coefficient (Wildman–Crippen LogP) is 3.65. The fourth-order valence-electron chi connectivity index (χ4n) is 2.02. The molecule has 2 rings (SSSR count). The summed E-state index contributed by atoms with van der Waals surface area (Å²) in [7, 11) is 1.70. The molecule has 2 nitrogen and oxygen atoms in total. The summed E-state index contributed by atoms with van der Waals surface area (Å²) in [6.07, 6.45) is 1.04. The Bertz CT molecular complexity index is 450. The van der Waals surface area contributed by atoms with Gasteiger partial charge in [0.1, 0.15) is 5.75 Å². The lowest BCUT2D eigenvalue weighted by atomic mass is 10.0. The first-order chi connectivity index (χ1) is 8.83. The zero-order chi connectivity index (χ0) is 12.8. The van der Waals surface area contributed by atoms with Gasteiger partial charge in [-0.1, -0.05) is 25.1 Å². The predicted molar refractivity (Wildman–Crippen MR) is 77.4 cm³/mol. The van der Waals surface area contributed by atoms with Crippen LogP contribution in [0.15, 0.2) is 41.8 Å². The Morgan fingerprint density at radius 1 is 1.22 bits per heavy atom. The number of benzene rings is 1. The Labute approximate surface area is 113 Å². The standard InChI is InChI=1S/C15H19NOS/c1-3-16-15(11-14-5-4-10-18-14)12-6-8-13(17-2)9-7-12/h4-10,15-16H,3,11H2,1-2H3. The molecule has 18 heavy (non-hydrogen) atoms. The van der Waals surface area contributed by atoms with Crippen molar-refractivity contribution < 1.29 is 4.74 Å². The highest BCUT2D eigenvalue weighted by Crippen LogP contribution is 2.23. The number of methoxy groups -OCH3 is 1. The van der Waals surface area contributed by atoms with E-state index in [4.69, 9.17) is 4.74 Å². The summed E-state index contributed by atoms with van der Waals surface area (Å²) in [6.45, 7) is 3.12. The van der Waals surface area contributed by atoms with Gasteiger partial charge in [0.2, 0.25) is 0 Å². The molecule has 3 heteroatoms. The van der Waals surface area contributed by atoms with Crippen LogP contribution >= 0.6 is 11.3 Å². The quantitative estimate of drug-likeness (QED) is 0.857. The van der Waals surface area contributed by atoms with Crippen LogP contribution in [0.2, 0.25) is 0 Å². The monoisotopic (exact) mass is 261 g/mol. The first-order valence-corrected chi connectivity index (χ1v) is 7.11. The van der Waals surface area contributed by atoms with Gasteiger partial charge in [0.05, 0.1) is 7.11 Å². The van der Waals surface area contributed by atoms with Crippen LogP contribution in [0.3, 0.4) is 0 Å². The average molecular weight is 261 g/mol. The average Bonchev–Trinajstić information content (AvgIpc) is 2.91. The normalized spacial score (nSPS) is 12.3. The fraction of sp³-hybridized carbons (Fsp3) is 0.333. The third-order valence-electron chi connectivity index (χ3n) is 2.95. The molecule has 0 saturated carbocycles. The van der Waals surface area contributed by atoms with E-state index in [0.717, 1.165) is 18.7 Å². The molecule has 1 unspecified atom stereocenters. The second-order valence-corrected chi connectivity index (χ2v) is 5.20. The first-order valence-electron chi connectivity index (χ1n) is 6.23. The molecule has 0 amide bonds. The van der Waals surface area contributed by atoms with Gasteiger partial charge >= 0.3 is 0 Å². The Morgan fingerprint density at radius 2 is 2.00 bits per heavy atom. The molecule has 96 valence electrons. The third-order valence-corrected chi connectivity index (χ3v) is 3.85. The van der Waals surface area contributed by atoms with E-state index in [9.17, 15) is 0 Å². The van der Waals surface area contributed by atoms with E-state index in [1.165, 1.54) is 10.4 Å². The smallest absolute Gasteiger partial charge is 0.118 e. The summed E-state index contributed by atoms with van der Waals surface area (Å²) in [5.74, 6) is 0.908. The zero-order valence-corrected chi connectivity index (χ0v) is 11.7. The number of likely N-dealkylation sites (N-methyl/N-ethyl adjacent to an activating group) is 1. The van der Waals surface area contributed by atoms with Gasteiger partial charge < -0.3 is 10.1 Å². The Hall–Kier alpha value is -1.32. The molecule has 0 radical (unpaired) electrons. The molecule has 0 aliphatic heterocycles. The van der Waals surface area contributed by atoms with Gasteiger partial charge in [-0.25, -0.2) is 0 Å². The molecule has 2 aromatic rings. The summed E-state index contributed by atoms with van der Waals surface area (Å²) in [5, 5.41) is 5.67. The lowest BCUT2D eigenvalue weighted by molar-refractivity contribution is 0.414. The van der Waals surface area contributed by atoms with E-state index in [-0.39, 0.29) is 0 Å². The molecule has 0 fully saturated rings. The Morgan fingerprint density at radius 3 is 2.56 bits per heavy atom. The van der Waals surface area contributed by atoms with Crippen molar-refractivity contribution in [3.05, 3.63) is 52.2 Å². The molecule has 1 N–H and O–H groups in total. The number of ether oxygens (including phenoxy) is 1. The van der Waals surface area contributed by atoms with E-state index in [0.29, 0.717) is 6.04 Å². The topological polar surface area (TPSA) is 21.3 Å². The molecule has 1 aromatic carbocycles. The maximum absolute atomic E-state index is 5.20. The van der Waals surface area contributed by atoms with Crippen LogP contribution in [0.1, 0.15) is 23.4 Å². The number of nitrogens with one attached hydrogen (secondary N) is 1. The number of rotatable bonds is 6. The lowest BCUT2D eigenvalue weighted by Crippen LogP contribution is -2.22. The van der Waals surface area contributed by atoms with Gasteiger partial charge in [0.15, 0.2) is 0 Å². The van der Waals surface area contributed by atoms with Crippen LogP contribution < -0.4 is 10.1 Å². The molecule has 0 aliphatic rings. The second-order valence-electron chi connectivity index (χ2n) is 4.17. The fourth-order valence-corrected chi connectivity index (χ4v) is 2.77. The molecule has 1 aromatic heterocycles. The summed E-state index contributed by atoms with van der Waals surface area (Å²) < 4.78 is 5.20. The number of thiophene rings is 1. The van der Waals surface area contributed by atoms with Crippen molar-refractivity contribution in [2.24, 2.45) is 0 Å². The molecule has 0 saturated heterocycles. The van der Waals surface area contributed by atoms with E-state index in [2.05, 4.69) is 41.9 Å². The Balaban J connectivity index is 2.12. The summed E-state index contributed by atoms with van der Waals surface area (Å²) in [6, 6.07) is 13.0. The molecular weight excluding hydrogens is 242 g/mol. The third kappa shape index (κ3) is 3.34. The maximum atomic E-state index is 5.20. The van der Waals surface area contributed by atoms with Crippen LogP contribution in [0.5, 0.6) is 5.75 Å². The van der Waals surface area contributed by atoms with Crippen molar-refractivity contribution in [1.82, 2.24) is 5.32 Å². The minimum atomic E-state index is 0.375. The van der Waals surface area contributed by atoms with E-state index >= 15 is 0 Å². The van der Waals surface area contributed by atoms with Crippen molar-refractivity contribution in [2.75, 3.05) is 13.7 Å². The minimum Gasteiger partial charge on any atom is -0.497 e. The molecule has 0 spiro atoms. The number of hydrogen-bond donors (Lipinski definition) is 1. The highest BCUT2D eigenvalue weighted by molar-refractivity contribution is 7.09. The van der Waals surface area contributed by atoms with Crippen LogP contribution in [-0.2, 0) is 6.42 Å². The van der Waals surface area contributed by atoms with Gasteiger partial charge in [-0.2, -0.15) is 0 Å². The van der Waals surface area contributed by atoms with Gasteiger partial charge in [0, 0.05) is 17.3 Å². The summed E-state index contributed by atoms with van der Waals surface area (Å²) in [4.78, 5) is 1.41. The first kappa shape index (κ1) is 13.1. The summed E-state index contributed by atoms with van der Waals surface area (Å²) >= 11 is 1.81. The van der Waals surface area contributed by atoms with E-state index in [1.807, 2.05) is 23.5 Å². The van der Waals surface area contributed by atoms with Crippen molar-refractivity contribution >= 4 is 11.3 Å². The molecule has 0 aliphatic carbocycles. The zero-order valence-electron chi connectivity index (χ0n) is 10.8. The van der Waals surface area contributed by atoms with Crippen LogP contribution in [-0.4, -0.2) is 13.7 Å². The van der Waals surface area contributed by atoms with Crippen LogP contribution in [0.25, 0.3) is 0 Å². The molecule has 1 atom stereocenters. The minimum absolute atomic E-state index is 0.375. The van der Waals surface area contributed by atoms with Crippen molar-refractivity contribution in [1.29, 1.82) is 0 Å². The van der Waals surface area contributed by atoms with Gasteiger partial charge in [-0.15, -0.1) is 11.3 Å². The molecular formula is C15H19NOS. The van der Waals surface area contributed by atoms with Crippen molar-refractivity contribution in [3.63, 3.8) is 0 Å². The maximum Gasteiger partial charge on any atom is 0.118 e. The highest BCUT2D eigenvalue weighted by atomic mass is 32.1. The number of hydrogen-bond acceptors (Lipinski definition) is 3. The molecule has 1 heterocycles. The van der Waals surface area contributed by atoms with Crippen molar-refractivity contribution in [2.45, 2.75) is 19.4 Å². The van der Waals surface area contributed by atoms with Crippen LogP contribution in [0, 0.1) is 0 Å². The largest absolute Gasteiger partial charge is 0.497 e. The Kier molecular flexibility index (Phi) is 4.79. The SMILES string of the molecule is CCNC(Cc1cccs1)c1ccc(OC)cc1. The second kappa shape index (κ2) is 6.57. The van der Waals surface area contributed by atoms with Gasteiger partial charge in [-0.05, 0) is 35.7 Å². The molecule has 0 bridgehead atoms. The highest BCUT2D eigenvalue weighted by Gasteiger charge is 2.11. The van der Waals surface area contributed by atoms with E-state index in [1.54, 1.807) is 7.11 Å². The lowest BCUT2D eigenvalue weighted by Gasteiger charge is -2.18. The van der Waals surface area contributed by atoms with Crippen LogP contribution in [0.4, 0.5) is 0 Å². The summed E-state index contributed by atoms with van der Waals surface area (Å²) in [5.41, 5.74) is 1.31.